The second-order valence-electron chi connectivity index (χ2n) is 3.25. The number of hydrogen-bond acceptors (Lipinski definition) is 3. The molecule has 0 aliphatic heterocycles. The van der Waals surface area contributed by atoms with E-state index in [4.69, 9.17) is 11.6 Å². The first-order chi connectivity index (χ1) is 7.59. The molecule has 0 radical (unpaired) electrons. The Labute approximate surface area is 96.4 Å². The monoisotopic (exact) mass is 237 g/mol. The first-order valence-corrected chi connectivity index (χ1v) is 4.90. The molecule has 0 amide bonds. The Bertz CT molecular complexity index is 531. The number of aryl methyl sites for hydroxylation is 1. The van der Waals surface area contributed by atoms with Gasteiger partial charge in [0.2, 0.25) is 0 Å². The number of hydrogen-bond donors (Lipinski definition) is 0. The fourth-order valence-electron chi connectivity index (χ4n) is 1.43. The van der Waals surface area contributed by atoms with Crippen LogP contribution < -0.4 is 0 Å². The maximum Gasteiger partial charge on any atom is 0.278 e. The van der Waals surface area contributed by atoms with Gasteiger partial charge in [0.25, 0.3) is 5.69 Å². The van der Waals surface area contributed by atoms with Crippen LogP contribution in [0.5, 0.6) is 0 Å². The van der Waals surface area contributed by atoms with Gasteiger partial charge < -0.3 is 0 Å². The molecule has 0 unspecified atom stereocenters. The lowest BCUT2D eigenvalue weighted by molar-refractivity contribution is -0.384. The molecule has 0 saturated heterocycles. The smallest absolute Gasteiger partial charge is 0.258 e. The normalized spacial score (nSPS) is 10.4. The number of nitro groups is 1. The van der Waals surface area contributed by atoms with Crippen LogP contribution >= 0.6 is 11.6 Å². The number of halogens is 1. The SMILES string of the molecule is Cn1nc(-c2ccccc2[N+](=O)[O-])cc1Cl. The van der Waals surface area contributed by atoms with E-state index in [0.29, 0.717) is 16.4 Å². The van der Waals surface area contributed by atoms with Gasteiger partial charge in [-0.2, -0.15) is 5.10 Å². The molecule has 0 N–H and O–H groups in total. The van der Waals surface area contributed by atoms with E-state index in [1.807, 2.05) is 0 Å². The molecule has 0 saturated carbocycles. The minimum atomic E-state index is -0.433. The van der Waals surface area contributed by atoms with Gasteiger partial charge in [-0.25, -0.2) is 0 Å². The van der Waals surface area contributed by atoms with Crippen LogP contribution in [-0.2, 0) is 7.05 Å². The number of aromatic nitrogens is 2. The average molecular weight is 238 g/mol. The summed E-state index contributed by atoms with van der Waals surface area (Å²) in [5, 5.41) is 15.4. The lowest BCUT2D eigenvalue weighted by Gasteiger charge is -1.97. The van der Waals surface area contributed by atoms with Crippen molar-refractivity contribution in [3.05, 3.63) is 45.6 Å². The van der Waals surface area contributed by atoms with Crippen molar-refractivity contribution in [3.63, 3.8) is 0 Å². The Hall–Kier alpha value is -1.88. The summed E-state index contributed by atoms with van der Waals surface area (Å²) < 4.78 is 1.47. The number of rotatable bonds is 2. The zero-order chi connectivity index (χ0) is 11.7. The largest absolute Gasteiger partial charge is 0.278 e. The fraction of sp³-hybridized carbons (Fsp3) is 0.100. The first-order valence-electron chi connectivity index (χ1n) is 4.53. The number of nitro benzene ring substituents is 1. The molecule has 0 aliphatic rings. The third-order valence-corrected chi connectivity index (χ3v) is 2.55. The Morgan fingerprint density at radius 2 is 2.12 bits per heavy atom. The third kappa shape index (κ3) is 1.77. The molecule has 5 nitrogen and oxygen atoms in total. The molecule has 0 aliphatic carbocycles. The van der Waals surface area contributed by atoms with E-state index in [9.17, 15) is 10.1 Å². The van der Waals surface area contributed by atoms with Crippen LogP contribution in [0.25, 0.3) is 11.3 Å². The van der Waals surface area contributed by atoms with Gasteiger partial charge in [-0.1, -0.05) is 23.7 Å². The Morgan fingerprint density at radius 1 is 1.44 bits per heavy atom. The van der Waals surface area contributed by atoms with Crippen LogP contribution in [0.15, 0.2) is 30.3 Å². The summed E-state index contributed by atoms with van der Waals surface area (Å²) >= 11 is 5.84. The van der Waals surface area contributed by atoms with Crippen LogP contribution in [0.3, 0.4) is 0 Å². The second kappa shape index (κ2) is 3.94. The summed E-state index contributed by atoms with van der Waals surface area (Å²) in [6.07, 6.45) is 0. The van der Waals surface area contributed by atoms with E-state index in [2.05, 4.69) is 5.10 Å². The minimum absolute atomic E-state index is 0.0252. The molecule has 0 bridgehead atoms. The standard InChI is InChI=1S/C10H8ClN3O2/c1-13-10(11)6-8(12-13)7-4-2-3-5-9(7)14(15)16/h2-6H,1H3. The second-order valence-corrected chi connectivity index (χ2v) is 3.64. The van der Waals surface area contributed by atoms with Crippen molar-refractivity contribution in [3.8, 4) is 11.3 Å². The van der Waals surface area contributed by atoms with E-state index in [-0.39, 0.29) is 5.69 Å². The van der Waals surface area contributed by atoms with E-state index in [1.54, 1.807) is 31.3 Å². The van der Waals surface area contributed by atoms with Gasteiger partial charge in [0, 0.05) is 19.2 Å². The summed E-state index contributed by atoms with van der Waals surface area (Å²) in [7, 11) is 1.68. The van der Waals surface area contributed by atoms with Gasteiger partial charge in [0.1, 0.15) is 10.8 Å². The Morgan fingerprint density at radius 3 is 2.69 bits per heavy atom. The quantitative estimate of drug-likeness (QED) is 0.596. The molecule has 1 heterocycles. The highest BCUT2D eigenvalue weighted by atomic mass is 35.5. The predicted octanol–water partition coefficient (Wildman–Crippen LogP) is 2.65. The molecule has 0 atom stereocenters. The van der Waals surface area contributed by atoms with Crippen LogP contribution in [-0.4, -0.2) is 14.7 Å². The van der Waals surface area contributed by atoms with Crippen LogP contribution in [0.2, 0.25) is 5.15 Å². The van der Waals surface area contributed by atoms with Gasteiger partial charge in [-0.3, -0.25) is 14.8 Å². The highest BCUT2D eigenvalue weighted by Gasteiger charge is 2.16. The maximum absolute atomic E-state index is 10.8. The van der Waals surface area contributed by atoms with Crippen molar-refractivity contribution in [1.82, 2.24) is 9.78 Å². The predicted molar refractivity (Wildman–Crippen MR) is 60.3 cm³/mol. The third-order valence-electron chi connectivity index (χ3n) is 2.20. The van der Waals surface area contributed by atoms with Crippen molar-refractivity contribution in [2.75, 3.05) is 0 Å². The molecule has 2 aromatic rings. The highest BCUT2D eigenvalue weighted by Crippen LogP contribution is 2.29. The summed E-state index contributed by atoms with van der Waals surface area (Å²) in [5.41, 5.74) is 0.993. The van der Waals surface area contributed by atoms with Gasteiger partial charge in [0.15, 0.2) is 0 Å². The van der Waals surface area contributed by atoms with E-state index >= 15 is 0 Å². The van der Waals surface area contributed by atoms with Crippen molar-refractivity contribution < 1.29 is 4.92 Å². The van der Waals surface area contributed by atoms with Crippen molar-refractivity contribution >= 4 is 17.3 Å². The molecule has 16 heavy (non-hydrogen) atoms. The lowest BCUT2D eigenvalue weighted by Crippen LogP contribution is -1.93. The van der Waals surface area contributed by atoms with Gasteiger partial charge in [-0.05, 0) is 6.07 Å². The van der Waals surface area contributed by atoms with Crippen LogP contribution in [0, 0.1) is 10.1 Å². The summed E-state index contributed by atoms with van der Waals surface area (Å²) in [4.78, 5) is 10.4. The molecular formula is C10H8ClN3O2. The fourth-order valence-corrected chi connectivity index (χ4v) is 1.57. The molecule has 2 rings (SSSR count). The van der Waals surface area contributed by atoms with Gasteiger partial charge in [-0.15, -0.1) is 0 Å². The topological polar surface area (TPSA) is 61.0 Å². The average Bonchev–Trinajstić information content (AvgIpc) is 2.59. The van der Waals surface area contributed by atoms with Crippen LogP contribution in [0.1, 0.15) is 0 Å². The van der Waals surface area contributed by atoms with Crippen molar-refractivity contribution in [1.29, 1.82) is 0 Å². The maximum atomic E-state index is 10.8. The number of para-hydroxylation sites is 1. The molecule has 1 aromatic heterocycles. The summed E-state index contributed by atoms with van der Waals surface area (Å²) in [6, 6.07) is 8.04. The number of benzene rings is 1. The van der Waals surface area contributed by atoms with E-state index in [1.165, 1.54) is 10.7 Å². The molecule has 0 spiro atoms. The molecule has 1 aromatic carbocycles. The van der Waals surface area contributed by atoms with Crippen LogP contribution in [0.4, 0.5) is 5.69 Å². The van der Waals surface area contributed by atoms with Gasteiger partial charge in [0.05, 0.1) is 10.5 Å². The first kappa shape index (κ1) is 10.6. The summed E-state index contributed by atoms with van der Waals surface area (Å²) in [5.74, 6) is 0. The molecule has 82 valence electrons. The van der Waals surface area contributed by atoms with E-state index < -0.39 is 4.92 Å². The molecule has 6 heteroatoms. The van der Waals surface area contributed by atoms with Crippen molar-refractivity contribution in [2.24, 2.45) is 7.05 Å². The highest BCUT2D eigenvalue weighted by molar-refractivity contribution is 6.29. The Kier molecular flexibility index (Phi) is 2.62. The molecular weight excluding hydrogens is 230 g/mol. The van der Waals surface area contributed by atoms with E-state index in [0.717, 1.165) is 0 Å². The van der Waals surface area contributed by atoms with Crippen molar-refractivity contribution in [2.45, 2.75) is 0 Å². The Balaban J connectivity index is 2.59. The molecule has 0 fully saturated rings. The summed E-state index contributed by atoms with van der Waals surface area (Å²) in [6.45, 7) is 0. The zero-order valence-electron chi connectivity index (χ0n) is 8.42. The number of nitrogens with zero attached hydrogens (tertiary/aromatic N) is 3. The van der Waals surface area contributed by atoms with Gasteiger partial charge >= 0.3 is 0 Å². The zero-order valence-corrected chi connectivity index (χ0v) is 9.18. The minimum Gasteiger partial charge on any atom is -0.258 e. The lowest BCUT2D eigenvalue weighted by atomic mass is 10.1.